The van der Waals surface area contributed by atoms with Gasteiger partial charge in [-0.2, -0.15) is 0 Å². The predicted octanol–water partition coefficient (Wildman–Crippen LogP) is 4.58. The van der Waals surface area contributed by atoms with Crippen LogP contribution in [0.2, 0.25) is 5.02 Å². The summed E-state index contributed by atoms with van der Waals surface area (Å²) in [6.07, 6.45) is 1.89. The maximum atomic E-state index is 13.2. The molecule has 2 rings (SSSR count). The largest absolute Gasteiger partial charge is 0.377 e. The van der Waals surface area contributed by atoms with Gasteiger partial charge in [0.15, 0.2) is 0 Å². The smallest absolute Gasteiger partial charge is 0.141 e. The number of halogens is 3. The first kappa shape index (κ1) is 13.7. The first-order chi connectivity index (χ1) is 9.08. The highest BCUT2D eigenvalue weighted by Gasteiger charge is 2.11. The summed E-state index contributed by atoms with van der Waals surface area (Å²) in [5, 5.41) is 3.46. The van der Waals surface area contributed by atoms with Crippen LogP contribution in [0, 0.1) is 11.6 Å². The van der Waals surface area contributed by atoms with Crippen LogP contribution in [0.15, 0.2) is 36.5 Å². The Morgan fingerprint density at radius 1 is 1.21 bits per heavy atom. The van der Waals surface area contributed by atoms with E-state index in [1.807, 2.05) is 6.92 Å². The molecular weight excluding hydrogens is 270 g/mol. The second-order valence-corrected chi connectivity index (χ2v) is 4.60. The van der Waals surface area contributed by atoms with Crippen molar-refractivity contribution in [1.82, 2.24) is 4.98 Å². The molecule has 1 aromatic heterocycles. The Kier molecular flexibility index (Phi) is 4.32. The molecule has 0 aliphatic heterocycles. The van der Waals surface area contributed by atoms with Gasteiger partial charge in [0.1, 0.15) is 11.6 Å². The average molecular weight is 283 g/mol. The highest BCUT2D eigenvalue weighted by molar-refractivity contribution is 6.30. The highest BCUT2D eigenvalue weighted by Crippen LogP contribution is 2.24. The maximum Gasteiger partial charge on any atom is 0.141 e. The molecular formula is C14H13ClF2N2. The summed E-state index contributed by atoms with van der Waals surface area (Å²) < 4.78 is 26.1. The Labute approximate surface area is 115 Å². The van der Waals surface area contributed by atoms with Gasteiger partial charge in [-0.25, -0.2) is 8.78 Å². The molecule has 5 heteroatoms. The number of benzene rings is 1. The van der Waals surface area contributed by atoms with E-state index in [1.54, 1.807) is 12.1 Å². The molecule has 0 saturated heterocycles. The summed E-state index contributed by atoms with van der Waals surface area (Å²) in [7, 11) is 0. The molecule has 0 fully saturated rings. The number of anilines is 1. The van der Waals surface area contributed by atoms with Crippen molar-refractivity contribution in [2.75, 3.05) is 5.32 Å². The number of nitrogens with zero attached hydrogens (tertiary/aromatic N) is 1. The van der Waals surface area contributed by atoms with Crippen LogP contribution in [0.25, 0.3) is 0 Å². The number of aromatic nitrogens is 1. The third-order valence-electron chi connectivity index (χ3n) is 2.72. The van der Waals surface area contributed by atoms with E-state index in [0.29, 0.717) is 16.4 Å². The zero-order chi connectivity index (χ0) is 13.8. The molecule has 2 aromatic rings. The molecule has 0 amide bonds. The van der Waals surface area contributed by atoms with E-state index in [2.05, 4.69) is 10.3 Å². The third-order valence-corrected chi connectivity index (χ3v) is 2.94. The van der Waals surface area contributed by atoms with Crippen LogP contribution in [-0.2, 0) is 0 Å². The minimum absolute atomic E-state index is 0.126. The molecule has 100 valence electrons. The fraction of sp³-hybridized carbons (Fsp3) is 0.214. The Bertz CT molecular complexity index is 538. The summed E-state index contributed by atoms with van der Waals surface area (Å²) in [6.45, 7) is 1.96. The van der Waals surface area contributed by atoms with Gasteiger partial charge in [-0.3, -0.25) is 4.98 Å². The van der Waals surface area contributed by atoms with E-state index in [0.717, 1.165) is 12.6 Å². The van der Waals surface area contributed by atoms with E-state index in [9.17, 15) is 8.78 Å². The highest BCUT2D eigenvalue weighted by atomic mass is 35.5. The molecule has 2 nitrogen and oxygen atoms in total. The lowest BCUT2D eigenvalue weighted by Gasteiger charge is -2.18. The monoisotopic (exact) mass is 282 g/mol. The standard InChI is InChI=1S/C14H13ClF2N2/c1-2-13(14-4-3-10(16)8-18-14)19-12-6-9(15)5-11(17)7-12/h3-8,13,19H,2H2,1H3. The molecule has 1 aromatic carbocycles. The van der Waals surface area contributed by atoms with E-state index < -0.39 is 5.82 Å². The second kappa shape index (κ2) is 5.97. The van der Waals surface area contributed by atoms with Gasteiger partial charge in [0, 0.05) is 10.7 Å². The van der Waals surface area contributed by atoms with E-state index >= 15 is 0 Å². The molecule has 1 unspecified atom stereocenters. The molecule has 19 heavy (non-hydrogen) atoms. The van der Waals surface area contributed by atoms with Crippen LogP contribution in [0.5, 0.6) is 0 Å². The fourth-order valence-electron chi connectivity index (χ4n) is 1.82. The summed E-state index contributed by atoms with van der Waals surface area (Å²) in [5.41, 5.74) is 1.27. The van der Waals surface area contributed by atoms with Crippen molar-refractivity contribution in [3.8, 4) is 0 Å². The molecule has 0 spiro atoms. The summed E-state index contributed by atoms with van der Waals surface area (Å²) >= 11 is 5.80. The molecule has 1 heterocycles. The zero-order valence-electron chi connectivity index (χ0n) is 10.3. The Morgan fingerprint density at radius 3 is 2.58 bits per heavy atom. The Balaban J connectivity index is 2.21. The SMILES string of the molecule is CCC(Nc1cc(F)cc(Cl)c1)c1ccc(F)cn1. The number of rotatable bonds is 4. The van der Waals surface area contributed by atoms with Gasteiger partial charge in [-0.1, -0.05) is 18.5 Å². The number of nitrogens with one attached hydrogen (secondary N) is 1. The molecule has 1 N–H and O–H groups in total. The molecule has 0 bridgehead atoms. The fourth-order valence-corrected chi connectivity index (χ4v) is 2.04. The zero-order valence-corrected chi connectivity index (χ0v) is 11.1. The summed E-state index contributed by atoms with van der Waals surface area (Å²) in [4.78, 5) is 4.03. The van der Waals surface area contributed by atoms with Crippen LogP contribution in [0.4, 0.5) is 14.5 Å². The normalized spacial score (nSPS) is 12.2. The van der Waals surface area contributed by atoms with Crippen molar-refractivity contribution in [2.24, 2.45) is 0 Å². The minimum Gasteiger partial charge on any atom is -0.377 e. The number of pyridine rings is 1. The van der Waals surface area contributed by atoms with Crippen molar-refractivity contribution in [3.63, 3.8) is 0 Å². The number of hydrogen-bond donors (Lipinski definition) is 1. The molecule has 0 radical (unpaired) electrons. The maximum absolute atomic E-state index is 13.2. The lowest BCUT2D eigenvalue weighted by atomic mass is 10.1. The molecule has 0 aliphatic rings. The first-order valence-electron chi connectivity index (χ1n) is 5.92. The summed E-state index contributed by atoms with van der Waals surface area (Å²) in [5.74, 6) is -0.788. The lowest BCUT2D eigenvalue weighted by Crippen LogP contribution is -2.11. The topological polar surface area (TPSA) is 24.9 Å². The van der Waals surface area contributed by atoms with Gasteiger partial charge < -0.3 is 5.32 Å². The van der Waals surface area contributed by atoms with Gasteiger partial charge in [-0.05, 0) is 36.8 Å². The second-order valence-electron chi connectivity index (χ2n) is 4.16. The van der Waals surface area contributed by atoms with Crippen LogP contribution < -0.4 is 5.32 Å². The molecule has 0 aliphatic carbocycles. The van der Waals surface area contributed by atoms with Gasteiger partial charge >= 0.3 is 0 Å². The minimum atomic E-state index is -0.406. The summed E-state index contributed by atoms with van der Waals surface area (Å²) in [6, 6.07) is 7.07. The average Bonchev–Trinajstić information content (AvgIpc) is 2.36. The van der Waals surface area contributed by atoms with Crippen molar-refractivity contribution >= 4 is 17.3 Å². The van der Waals surface area contributed by atoms with Gasteiger partial charge in [0.05, 0.1) is 17.9 Å². The predicted molar refractivity (Wildman–Crippen MR) is 72.3 cm³/mol. The Morgan fingerprint density at radius 2 is 2.00 bits per heavy atom. The van der Waals surface area contributed by atoms with Crippen molar-refractivity contribution < 1.29 is 8.78 Å². The Hall–Kier alpha value is -1.68. The third kappa shape index (κ3) is 3.64. The van der Waals surface area contributed by atoms with E-state index in [-0.39, 0.29) is 11.9 Å². The van der Waals surface area contributed by atoms with Crippen molar-refractivity contribution in [1.29, 1.82) is 0 Å². The van der Waals surface area contributed by atoms with Crippen LogP contribution in [-0.4, -0.2) is 4.98 Å². The quantitative estimate of drug-likeness (QED) is 0.888. The van der Waals surface area contributed by atoms with E-state index in [4.69, 9.17) is 11.6 Å². The number of hydrogen-bond acceptors (Lipinski definition) is 2. The lowest BCUT2D eigenvalue weighted by molar-refractivity contribution is 0.614. The van der Waals surface area contributed by atoms with Gasteiger partial charge in [0.2, 0.25) is 0 Å². The van der Waals surface area contributed by atoms with Crippen molar-refractivity contribution in [2.45, 2.75) is 19.4 Å². The van der Waals surface area contributed by atoms with Crippen molar-refractivity contribution in [3.05, 3.63) is 58.9 Å². The van der Waals surface area contributed by atoms with Crippen LogP contribution in [0.1, 0.15) is 25.1 Å². The molecule has 0 saturated carbocycles. The van der Waals surface area contributed by atoms with Crippen LogP contribution in [0.3, 0.4) is 0 Å². The van der Waals surface area contributed by atoms with Gasteiger partial charge in [0.25, 0.3) is 0 Å². The van der Waals surface area contributed by atoms with Crippen LogP contribution >= 0.6 is 11.6 Å². The molecule has 1 atom stereocenters. The first-order valence-corrected chi connectivity index (χ1v) is 6.30. The van der Waals surface area contributed by atoms with E-state index in [1.165, 1.54) is 18.2 Å². The van der Waals surface area contributed by atoms with Gasteiger partial charge in [-0.15, -0.1) is 0 Å².